The third kappa shape index (κ3) is 5.54. The van der Waals surface area contributed by atoms with E-state index in [0.29, 0.717) is 6.41 Å². The van der Waals surface area contributed by atoms with Gasteiger partial charge in [0.05, 0.1) is 12.6 Å². The third-order valence-electron chi connectivity index (χ3n) is 3.16. The number of carboxylic acid groups (broad SMARTS) is 1. The summed E-state index contributed by atoms with van der Waals surface area (Å²) < 4.78 is 0. The Hall–Kier alpha value is -1.85. The fourth-order valence-electron chi connectivity index (χ4n) is 1.65. The van der Waals surface area contributed by atoms with Crippen molar-refractivity contribution in [1.82, 2.24) is 10.2 Å². The Morgan fingerprint density at radius 1 is 1.42 bits per heavy atom. The van der Waals surface area contributed by atoms with Crippen molar-refractivity contribution in [3.8, 4) is 0 Å². The van der Waals surface area contributed by atoms with Crippen molar-refractivity contribution in [3.05, 3.63) is 11.6 Å². The molecule has 0 fully saturated rings. The Balaban J connectivity index is 5.04. The first-order valence-corrected chi connectivity index (χ1v) is 6.19. The molecule has 0 aromatic carbocycles. The van der Waals surface area contributed by atoms with E-state index in [-0.39, 0.29) is 30.0 Å². The monoisotopic (exact) mass is 270 g/mol. The van der Waals surface area contributed by atoms with E-state index in [1.807, 2.05) is 13.8 Å². The maximum Gasteiger partial charge on any atom is 0.331 e. The summed E-state index contributed by atoms with van der Waals surface area (Å²) in [5.74, 6) is -1.13. The molecule has 6 nitrogen and oxygen atoms in total. The normalized spacial score (nSPS) is 14.4. The minimum atomic E-state index is -1.000. The number of likely N-dealkylation sites (N-methyl/N-ethyl adjacent to an activating group) is 1. The van der Waals surface area contributed by atoms with Crippen molar-refractivity contribution >= 4 is 18.3 Å². The zero-order valence-electron chi connectivity index (χ0n) is 11.8. The van der Waals surface area contributed by atoms with Gasteiger partial charge in [-0.15, -0.1) is 0 Å². The molecule has 2 atom stereocenters. The first kappa shape index (κ1) is 17.2. The number of amides is 2. The third-order valence-corrected chi connectivity index (χ3v) is 3.16. The van der Waals surface area contributed by atoms with Gasteiger partial charge >= 0.3 is 5.97 Å². The summed E-state index contributed by atoms with van der Waals surface area (Å²) >= 11 is 0. The highest BCUT2D eigenvalue weighted by Gasteiger charge is 2.23. The number of carbonyl (C=O) groups is 3. The maximum absolute atomic E-state index is 11.8. The van der Waals surface area contributed by atoms with Crippen LogP contribution >= 0.6 is 0 Å². The number of aliphatic carboxylic acids is 1. The van der Waals surface area contributed by atoms with Crippen LogP contribution in [0.25, 0.3) is 0 Å². The lowest BCUT2D eigenvalue weighted by molar-refractivity contribution is -0.133. The molecule has 0 radical (unpaired) electrons. The van der Waals surface area contributed by atoms with Crippen LogP contribution in [0.3, 0.4) is 0 Å². The van der Waals surface area contributed by atoms with Crippen LogP contribution < -0.4 is 5.32 Å². The van der Waals surface area contributed by atoms with E-state index in [4.69, 9.17) is 5.11 Å². The van der Waals surface area contributed by atoms with Gasteiger partial charge in [-0.2, -0.15) is 0 Å². The molecule has 2 N–H and O–H groups in total. The van der Waals surface area contributed by atoms with Gasteiger partial charge in [0.1, 0.15) is 0 Å². The Morgan fingerprint density at radius 3 is 2.42 bits per heavy atom. The molecule has 0 aromatic heterocycles. The molecule has 0 saturated carbocycles. The van der Waals surface area contributed by atoms with Crippen LogP contribution in [0.4, 0.5) is 0 Å². The molecule has 108 valence electrons. The molecule has 2 amide bonds. The van der Waals surface area contributed by atoms with Gasteiger partial charge in [-0.1, -0.05) is 26.3 Å². The zero-order valence-corrected chi connectivity index (χ0v) is 11.8. The maximum atomic E-state index is 11.8. The smallest absolute Gasteiger partial charge is 0.331 e. The van der Waals surface area contributed by atoms with Crippen LogP contribution in [-0.2, 0) is 14.4 Å². The summed E-state index contributed by atoms with van der Waals surface area (Å²) in [7, 11) is 1.61. The predicted octanol–water partition coefficient (Wildman–Crippen LogP) is 0.636. The number of hydrogen-bond donors (Lipinski definition) is 2. The highest BCUT2D eigenvalue weighted by Crippen LogP contribution is 2.16. The second-order valence-corrected chi connectivity index (χ2v) is 4.53. The van der Waals surface area contributed by atoms with Gasteiger partial charge in [0.15, 0.2) is 0 Å². The number of carbonyl (C=O) groups excluding carboxylic acids is 2. The Bertz CT molecular complexity index is 366. The quantitative estimate of drug-likeness (QED) is 0.500. The summed E-state index contributed by atoms with van der Waals surface area (Å²) in [5, 5.41) is 11.2. The largest absolute Gasteiger partial charge is 0.478 e. The van der Waals surface area contributed by atoms with Crippen molar-refractivity contribution in [2.24, 2.45) is 5.92 Å². The summed E-state index contributed by atoms with van der Waals surface area (Å²) in [5.41, 5.74) is 0.202. The Morgan fingerprint density at radius 2 is 2.00 bits per heavy atom. The molecule has 0 heterocycles. The average molecular weight is 270 g/mol. The minimum Gasteiger partial charge on any atom is -0.478 e. The van der Waals surface area contributed by atoms with Gasteiger partial charge < -0.3 is 15.3 Å². The van der Waals surface area contributed by atoms with Gasteiger partial charge in [-0.05, 0) is 12.8 Å². The second kappa shape index (κ2) is 8.29. The topological polar surface area (TPSA) is 86.7 Å². The Kier molecular flexibility index (Phi) is 7.48. The lowest BCUT2D eigenvalue weighted by atomic mass is 9.95. The van der Waals surface area contributed by atoms with Gasteiger partial charge in [0.25, 0.3) is 0 Å². The molecular weight excluding hydrogens is 248 g/mol. The molecule has 0 rings (SSSR count). The summed E-state index contributed by atoms with van der Waals surface area (Å²) in [6, 6.07) is -0.304. The van der Waals surface area contributed by atoms with E-state index in [1.54, 1.807) is 13.1 Å². The van der Waals surface area contributed by atoms with Crippen molar-refractivity contribution in [3.63, 3.8) is 0 Å². The van der Waals surface area contributed by atoms with Crippen LogP contribution in [0.2, 0.25) is 0 Å². The lowest BCUT2D eigenvalue weighted by Gasteiger charge is -2.30. The number of nitrogens with one attached hydrogen (secondary N) is 1. The average Bonchev–Trinajstić information content (AvgIpc) is 2.39. The Labute approximate surface area is 113 Å². The lowest BCUT2D eigenvalue weighted by Crippen LogP contribution is -2.44. The molecular formula is C13H22N2O4. The van der Waals surface area contributed by atoms with Crippen LogP contribution in [0.15, 0.2) is 11.6 Å². The molecule has 0 aliphatic carbocycles. The number of hydrogen-bond acceptors (Lipinski definition) is 3. The van der Waals surface area contributed by atoms with Gasteiger partial charge in [-0.25, -0.2) is 4.79 Å². The van der Waals surface area contributed by atoms with Crippen molar-refractivity contribution in [2.45, 2.75) is 33.2 Å². The standard InChI is InChI=1S/C13H22N2O4/c1-5-9(2)11(6-10(3)13(18)19)15(4)12(17)7-14-8-16/h6,8-9,11H,5,7H2,1-4H3,(H,14,16)(H,18,19)/t9?,11-/m1/s1. The number of carboxylic acids is 1. The van der Waals surface area contributed by atoms with Crippen LogP contribution in [0.1, 0.15) is 27.2 Å². The zero-order chi connectivity index (χ0) is 15.0. The molecule has 0 bridgehead atoms. The van der Waals surface area contributed by atoms with E-state index in [2.05, 4.69) is 5.32 Å². The second-order valence-electron chi connectivity index (χ2n) is 4.53. The molecule has 1 unspecified atom stereocenters. The van der Waals surface area contributed by atoms with Gasteiger partial charge in [0.2, 0.25) is 12.3 Å². The predicted molar refractivity (Wildman–Crippen MR) is 71.5 cm³/mol. The van der Waals surface area contributed by atoms with E-state index in [9.17, 15) is 14.4 Å². The van der Waals surface area contributed by atoms with Gasteiger partial charge in [-0.3, -0.25) is 9.59 Å². The van der Waals surface area contributed by atoms with E-state index in [1.165, 1.54) is 11.8 Å². The fourth-order valence-corrected chi connectivity index (χ4v) is 1.65. The molecule has 0 aliphatic heterocycles. The summed E-state index contributed by atoms with van der Waals surface area (Å²) in [4.78, 5) is 34.4. The van der Waals surface area contributed by atoms with E-state index in [0.717, 1.165) is 6.42 Å². The molecule has 19 heavy (non-hydrogen) atoms. The first-order valence-electron chi connectivity index (χ1n) is 6.19. The molecule has 6 heteroatoms. The molecule has 0 saturated heterocycles. The first-order chi connectivity index (χ1) is 8.84. The summed E-state index contributed by atoms with van der Waals surface area (Å²) in [6.45, 7) is 5.34. The highest BCUT2D eigenvalue weighted by atomic mass is 16.4. The van der Waals surface area contributed by atoms with Crippen molar-refractivity contribution in [1.29, 1.82) is 0 Å². The van der Waals surface area contributed by atoms with Crippen molar-refractivity contribution < 1.29 is 19.5 Å². The highest BCUT2D eigenvalue weighted by molar-refractivity contribution is 5.86. The SMILES string of the molecule is CCC(C)[C@@H](C=C(C)C(=O)O)N(C)C(=O)CNC=O. The van der Waals surface area contributed by atoms with Crippen LogP contribution in [0, 0.1) is 5.92 Å². The van der Waals surface area contributed by atoms with E-state index >= 15 is 0 Å². The number of rotatable bonds is 8. The van der Waals surface area contributed by atoms with Crippen LogP contribution in [0.5, 0.6) is 0 Å². The molecule has 0 spiro atoms. The number of nitrogens with zero attached hydrogens (tertiary/aromatic N) is 1. The fraction of sp³-hybridized carbons (Fsp3) is 0.615. The van der Waals surface area contributed by atoms with Crippen LogP contribution in [-0.4, -0.2) is 47.9 Å². The van der Waals surface area contributed by atoms with Crippen molar-refractivity contribution in [2.75, 3.05) is 13.6 Å². The summed E-state index contributed by atoms with van der Waals surface area (Å²) in [6.07, 6.45) is 2.85. The molecule has 0 aliphatic rings. The molecule has 0 aromatic rings. The van der Waals surface area contributed by atoms with E-state index < -0.39 is 5.97 Å². The minimum absolute atomic E-state index is 0.0904. The van der Waals surface area contributed by atoms with Gasteiger partial charge in [0, 0.05) is 12.6 Å².